The van der Waals surface area contributed by atoms with Crippen LogP contribution >= 0.6 is 0 Å². The quantitative estimate of drug-likeness (QED) is 0.508. The lowest BCUT2D eigenvalue weighted by molar-refractivity contribution is 0.778. The first-order chi connectivity index (χ1) is 11.9. The van der Waals surface area contributed by atoms with E-state index in [1.807, 2.05) is 0 Å². The third kappa shape index (κ3) is 7.46. The maximum Gasteiger partial charge on any atom is -0.0276 e. The van der Waals surface area contributed by atoms with Crippen LogP contribution in [0.5, 0.6) is 0 Å². The maximum atomic E-state index is 2.41. The molecule has 0 fully saturated rings. The van der Waals surface area contributed by atoms with E-state index in [0.29, 0.717) is 0 Å². The van der Waals surface area contributed by atoms with E-state index in [4.69, 9.17) is 0 Å². The van der Waals surface area contributed by atoms with Gasteiger partial charge in [0, 0.05) is 0 Å². The fourth-order valence-corrected chi connectivity index (χ4v) is 3.10. The zero-order chi connectivity index (χ0) is 18.8. The monoisotopic (exact) mass is 338 g/mol. The lowest BCUT2D eigenvalue weighted by Crippen LogP contribution is -1.96. The third-order valence-corrected chi connectivity index (χ3v) is 5.06. The van der Waals surface area contributed by atoms with Gasteiger partial charge < -0.3 is 0 Å². The molecule has 2 aromatic carbocycles. The second-order valence-electron chi connectivity index (χ2n) is 7.50. The van der Waals surface area contributed by atoms with E-state index in [-0.39, 0.29) is 0 Å². The molecule has 25 heavy (non-hydrogen) atoms. The van der Waals surface area contributed by atoms with Crippen molar-refractivity contribution in [2.24, 2.45) is 0 Å². The molecule has 138 valence electrons. The maximum absolute atomic E-state index is 2.41. The Bertz CT molecular complexity index is 616. The Morgan fingerprint density at radius 2 is 1.04 bits per heavy atom. The predicted octanol–water partition coefficient (Wildman–Crippen LogP) is 7.60. The summed E-state index contributed by atoms with van der Waals surface area (Å²) in [7, 11) is 0. The van der Waals surface area contributed by atoms with Gasteiger partial charge in [-0.2, -0.15) is 0 Å². The van der Waals surface area contributed by atoms with Gasteiger partial charge in [0.15, 0.2) is 0 Å². The summed E-state index contributed by atoms with van der Waals surface area (Å²) in [5.74, 6) is 0. The molecule has 0 aliphatic carbocycles. The normalized spacial score (nSPS) is 10.4. The molecule has 0 aliphatic rings. The summed E-state index contributed by atoms with van der Waals surface area (Å²) in [6.45, 7) is 15.4. The lowest BCUT2D eigenvalue weighted by Gasteiger charge is -2.11. The van der Waals surface area contributed by atoms with E-state index >= 15 is 0 Å². The molecule has 0 spiro atoms. The number of aryl methyl sites for hydroxylation is 7. The van der Waals surface area contributed by atoms with Gasteiger partial charge in [-0.1, -0.05) is 62.6 Å². The van der Waals surface area contributed by atoms with Gasteiger partial charge in [0.05, 0.1) is 0 Å². The molecule has 0 radical (unpaired) electrons. The Labute approximate surface area is 156 Å². The first kappa shape index (κ1) is 21.5. The molecule has 0 amide bonds. The van der Waals surface area contributed by atoms with Crippen LogP contribution < -0.4 is 0 Å². The fourth-order valence-electron chi connectivity index (χ4n) is 3.10. The number of unbranched alkanes of at least 4 members (excludes halogenated alkanes) is 2. The van der Waals surface area contributed by atoms with Crippen LogP contribution in [0.2, 0.25) is 0 Å². The zero-order valence-electron chi connectivity index (χ0n) is 17.6. The van der Waals surface area contributed by atoms with E-state index in [1.54, 1.807) is 11.1 Å². The van der Waals surface area contributed by atoms with Crippen LogP contribution in [-0.2, 0) is 12.8 Å². The van der Waals surface area contributed by atoms with Crippen LogP contribution in [0.1, 0.15) is 78.5 Å². The zero-order valence-corrected chi connectivity index (χ0v) is 17.6. The minimum absolute atomic E-state index is 1.25. The molecule has 0 saturated carbocycles. The molecule has 0 bridgehead atoms. The summed E-state index contributed by atoms with van der Waals surface area (Å²) in [6, 6.07) is 11.3. The average molecular weight is 339 g/mol. The molecule has 0 nitrogen and oxygen atoms in total. The van der Waals surface area contributed by atoms with Crippen molar-refractivity contribution in [3.05, 3.63) is 69.3 Å². The summed E-state index contributed by atoms with van der Waals surface area (Å²) in [4.78, 5) is 0. The lowest BCUT2D eigenvalue weighted by atomic mass is 9.94. The number of hydrogen-bond donors (Lipinski definition) is 0. The average Bonchev–Trinajstić information content (AvgIpc) is 2.58. The Morgan fingerprint density at radius 1 is 0.560 bits per heavy atom. The first-order valence-electron chi connectivity index (χ1n) is 10.0. The summed E-state index contributed by atoms with van der Waals surface area (Å²) in [5, 5.41) is 0. The molecule has 0 saturated heterocycles. The highest BCUT2D eigenvalue weighted by atomic mass is 14.1. The van der Waals surface area contributed by atoms with E-state index in [2.05, 4.69) is 78.8 Å². The Hall–Kier alpha value is -1.56. The Kier molecular flexibility index (Phi) is 9.57. The molecule has 0 aliphatic heterocycles. The second kappa shape index (κ2) is 11.1. The van der Waals surface area contributed by atoms with E-state index in [1.165, 1.54) is 66.3 Å². The fraction of sp³-hybridized carbons (Fsp3) is 0.520. The summed E-state index contributed by atoms with van der Waals surface area (Å²) >= 11 is 0. The number of benzene rings is 2. The minimum atomic E-state index is 1.25. The van der Waals surface area contributed by atoms with Gasteiger partial charge >= 0.3 is 0 Å². The summed E-state index contributed by atoms with van der Waals surface area (Å²) in [6.07, 6.45) is 7.70. The topological polar surface area (TPSA) is 0 Å². The molecular formula is C25H38. The minimum Gasteiger partial charge on any atom is -0.0654 e. The van der Waals surface area contributed by atoms with Gasteiger partial charge in [-0.15, -0.1) is 0 Å². The van der Waals surface area contributed by atoms with Crippen molar-refractivity contribution in [3.8, 4) is 0 Å². The molecule has 0 heterocycles. The van der Waals surface area contributed by atoms with Crippen molar-refractivity contribution >= 4 is 0 Å². The van der Waals surface area contributed by atoms with Crippen molar-refractivity contribution < 1.29 is 0 Å². The largest absolute Gasteiger partial charge is 0.0654 e. The molecule has 0 heteroatoms. The van der Waals surface area contributed by atoms with E-state index < -0.39 is 0 Å². The molecule has 0 atom stereocenters. The smallest absolute Gasteiger partial charge is 0.0276 e. The number of hydrogen-bond acceptors (Lipinski definition) is 0. The van der Waals surface area contributed by atoms with Gasteiger partial charge in [-0.25, -0.2) is 0 Å². The van der Waals surface area contributed by atoms with E-state index in [9.17, 15) is 0 Å². The second-order valence-corrected chi connectivity index (χ2v) is 7.50. The van der Waals surface area contributed by atoms with Gasteiger partial charge in [-0.3, -0.25) is 0 Å². The van der Waals surface area contributed by atoms with Crippen LogP contribution in [0.25, 0.3) is 0 Å². The van der Waals surface area contributed by atoms with Crippen molar-refractivity contribution in [1.82, 2.24) is 0 Å². The van der Waals surface area contributed by atoms with Crippen LogP contribution in [-0.4, -0.2) is 0 Å². The highest BCUT2D eigenvalue weighted by Gasteiger charge is 2.04. The highest BCUT2D eigenvalue weighted by Crippen LogP contribution is 2.19. The van der Waals surface area contributed by atoms with Gasteiger partial charge in [0.2, 0.25) is 0 Å². The Morgan fingerprint density at radius 3 is 1.40 bits per heavy atom. The Balaban J connectivity index is 0.000000293. The SMILES string of the molecule is CCCCc1cc(C)c(CCCC)cc1C.Cc1ccc(C)c(C)c1. The van der Waals surface area contributed by atoms with Crippen molar-refractivity contribution in [3.63, 3.8) is 0 Å². The highest BCUT2D eigenvalue weighted by molar-refractivity contribution is 5.37. The van der Waals surface area contributed by atoms with Crippen molar-refractivity contribution in [1.29, 1.82) is 0 Å². The predicted molar refractivity (Wildman–Crippen MR) is 114 cm³/mol. The molecule has 2 aromatic rings. The third-order valence-electron chi connectivity index (χ3n) is 5.06. The summed E-state index contributed by atoms with van der Waals surface area (Å²) in [5.41, 5.74) is 10.2. The van der Waals surface area contributed by atoms with Crippen LogP contribution in [0.3, 0.4) is 0 Å². The van der Waals surface area contributed by atoms with Crippen LogP contribution in [0, 0.1) is 34.6 Å². The molecule has 0 aromatic heterocycles. The van der Waals surface area contributed by atoms with Crippen LogP contribution in [0.15, 0.2) is 30.3 Å². The van der Waals surface area contributed by atoms with Crippen molar-refractivity contribution in [2.75, 3.05) is 0 Å². The summed E-state index contributed by atoms with van der Waals surface area (Å²) < 4.78 is 0. The van der Waals surface area contributed by atoms with Gasteiger partial charge in [0.25, 0.3) is 0 Å². The van der Waals surface area contributed by atoms with Crippen molar-refractivity contribution in [2.45, 2.75) is 87.0 Å². The first-order valence-corrected chi connectivity index (χ1v) is 10.0. The van der Waals surface area contributed by atoms with Crippen LogP contribution in [0.4, 0.5) is 0 Å². The molecule has 0 N–H and O–H groups in total. The van der Waals surface area contributed by atoms with E-state index in [0.717, 1.165) is 0 Å². The van der Waals surface area contributed by atoms with Gasteiger partial charge in [0.1, 0.15) is 0 Å². The number of rotatable bonds is 6. The molecule has 2 rings (SSSR count). The standard InChI is InChI=1S/C16H26.C9H12/c1-5-7-9-15-11-14(4)16(10-8-6-2)12-13(15)3;1-7-4-5-8(2)9(3)6-7/h11-12H,5-10H2,1-4H3;4-6H,1-3H3. The van der Waals surface area contributed by atoms with Gasteiger partial charge in [-0.05, 0) is 93.7 Å². The molecule has 0 unspecified atom stereocenters. The molecular weight excluding hydrogens is 300 g/mol.